The lowest BCUT2D eigenvalue weighted by Crippen LogP contribution is -2.63. The Kier molecular flexibility index (Phi) is 7.42. The number of nitrogens with two attached hydrogens (primary N) is 2. The van der Waals surface area contributed by atoms with Crippen molar-refractivity contribution in [2.45, 2.75) is 43.6 Å². The van der Waals surface area contributed by atoms with Crippen LogP contribution in [0.3, 0.4) is 0 Å². The molecule has 0 saturated carbocycles. The lowest BCUT2D eigenvalue weighted by atomic mass is 9.84. The van der Waals surface area contributed by atoms with Crippen molar-refractivity contribution in [1.29, 1.82) is 0 Å². The van der Waals surface area contributed by atoms with Crippen molar-refractivity contribution in [1.82, 2.24) is 24.5 Å². The summed E-state index contributed by atoms with van der Waals surface area (Å²) in [6.07, 6.45) is -5.12. The number of nitrogens with zero attached hydrogens (tertiary/aromatic N) is 6. The first-order valence-electron chi connectivity index (χ1n) is 12.6. The topological polar surface area (TPSA) is 141 Å². The molecule has 4 aromatic rings. The van der Waals surface area contributed by atoms with Gasteiger partial charge in [0, 0.05) is 18.7 Å². The van der Waals surface area contributed by atoms with E-state index in [4.69, 9.17) is 16.2 Å². The SMILES string of the molecule is COc1ccc(-c2cc(Cn3cnc4c(N)ncnc43)c(N3CCCC(N)([C@@H](O)C(F)F)C3)cn2)c(C(F)(F)F)c1. The average Bonchev–Trinajstić information content (AvgIpc) is 3.35. The Morgan fingerprint density at radius 3 is 2.63 bits per heavy atom. The van der Waals surface area contributed by atoms with Crippen molar-refractivity contribution >= 4 is 22.7 Å². The predicted molar refractivity (Wildman–Crippen MR) is 140 cm³/mol. The Balaban J connectivity index is 1.63. The summed E-state index contributed by atoms with van der Waals surface area (Å²) < 4.78 is 75.6. The number of anilines is 2. The number of methoxy groups -OCH3 is 1. The lowest BCUT2D eigenvalue weighted by molar-refractivity contribution is -0.137. The molecule has 41 heavy (non-hydrogen) atoms. The van der Waals surface area contributed by atoms with Gasteiger partial charge in [-0.1, -0.05) is 0 Å². The minimum atomic E-state index is -4.70. The molecule has 0 amide bonds. The standard InChI is InChI=1S/C26H27F5N8O2/c1-41-15-3-4-16(17(8-15)26(29,30)31)18-7-14(10-39-13-37-20-23(32)35-12-36-24(20)39)19(9-34-18)38-6-2-5-25(33,11-38)21(40)22(27)28/h3-4,7-9,12-13,21-22,40H,2,5-6,10-11,33H2,1H3,(H2,32,35,36)/t21-,25?/m0/s1. The summed E-state index contributed by atoms with van der Waals surface area (Å²) in [5.41, 5.74) is 11.2. The highest BCUT2D eigenvalue weighted by atomic mass is 19.4. The minimum Gasteiger partial charge on any atom is -0.497 e. The van der Waals surface area contributed by atoms with Crippen LogP contribution in [0.1, 0.15) is 24.0 Å². The van der Waals surface area contributed by atoms with E-state index in [1.54, 1.807) is 9.47 Å². The van der Waals surface area contributed by atoms with Gasteiger partial charge in [0.1, 0.15) is 23.7 Å². The molecule has 0 bridgehead atoms. The third kappa shape index (κ3) is 5.46. The number of aromatic nitrogens is 5. The molecule has 218 valence electrons. The molecule has 0 spiro atoms. The molecule has 1 fully saturated rings. The maximum atomic E-state index is 14.0. The Morgan fingerprint density at radius 1 is 1.15 bits per heavy atom. The van der Waals surface area contributed by atoms with E-state index in [9.17, 15) is 27.1 Å². The molecule has 5 N–H and O–H groups in total. The highest BCUT2D eigenvalue weighted by Crippen LogP contribution is 2.40. The number of benzene rings is 1. The zero-order valence-corrected chi connectivity index (χ0v) is 21.8. The fourth-order valence-electron chi connectivity index (χ4n) is 5.17. The van der Waals surface area contributed by atoms with Crippen LogP contribution in [0, 0.1) is 0 Å². The Hall–Kier alpha value is -4.11. The van der Waals surface area contributed by atoms with Crippen molar-refractivity contribution in [3.63, 3.8) is 0 Å². The fourth-order valence-corrected chi connectivity index (χ4v) is 5.17. The van der Waals surface area contributed by atoms with Crippen molar-refractivity contribution in [3.8, 4) is 17.0 Å². The predicted octanol–water partition coefficient (Wildman–Crippen LogP) is 3.47. The summed E-state index contributed by atoms with van der Waals surface area (Å²) in [7, 11) is 1.27. The first-order chi connectivity index (χ1) is 19.4. The van der Waals surface area contributed by atoms with Crippen LogP contribution in [0.2, 0.25) is 0 Å². The van der Waals surface area contributed by atoms with Gasteiger partial charge >= 0.3 is 6.18 Å². The molecule has 5 rings (SSSR count). The molecule has 1 aliphatic rings. The van der Waals surface area contributed by atoms with Crippen molar-refractivity contribution < 1.29 is 31.8 Å². The molecule has 1 saturated heterocycles. The van der Waals surface area contributed by atoms with Crippen molar-refractivity contribution in [2.75, 3.05) is 30.8 Å². The molecule has 1 unspecified atom stereocenters. The molecule has 15 heteroatoms. The number of ether oxygens (including phenoxy) is 1. The van der Waals surface area contributed by atoms with Gasteiger partial charge in [0.2, 0.25) is 0 Å². The van der Waals surface area contributed by atoms with Crippen LogP contribution in [0.5, 0.6) is 5.75 Å². The van der Waals surface area contributed by atoms with Crippen LogP contribution in [-0.4, -0.2) is 67.9 Å². The fraction of sp³-hybridized carbons (Fsp3) is 0.385. The van der Waals surface area contributed by atoms with Gasteiger partial charge in [-0.3, -0.25) is 4.98 Å². The highest BCUT2D eigenvalue weighted by molar-refractivity contribution is 5.81. The van der Waals surface area contributed by atoms with Gasteiger partial charge in [0.05, 0.1) is 48.7 Å². The third-order valence-electron chi connectivity index (χ3n) is 7.27. The molecule has 0 aliphatic carbocycles. The monoisotopic (exact) mass is 578 g/mol. The summed E-state index contributed by atoms with van der Waals surface area (Å²) in [5, 5.41) is 10.2. The van der Waals surface area contributed by atoms with Gasteiger partial charge in [-0.15, -0.1) is 0 Å². The number of fused-ring (bicyclic) bond motifs is 1. The molecular weight excluding hydrogens is 551 g/mol. The molecule has 2 atom stereocenters. The van der Waals surface area contributed by atoms with Crippen molar-refractivity contribution in [2.24, 2.45) is 5.73 Å². The quantitative estimate of drug-likeness (QED) is 0.281. The minimum absolute atomic E-state index is 0.0286. The van der Waals surface area contributed by atoms with Gasteiger partial charge in [0.15, 0.2) is 11.5 Å². The second-order valence-electron chi connectivity index (χ2n) is 9.95. The van der Waals surface area contributed by atoms with E-state index in [1.807, 2.05) is 0 Å². The highest BCUT2D eigenvalue weighted by Gasteiger charge is 2.43. The van der Waals surface area contributed by atoms with E-state index in [-0.39, 0.29) is 42.3 Å². The smallest absolute Gasteiger partial charge is 0.417 e. The number of rotatable bonds is 7. The van der Waals surface area contributed by atoms with E-state index in [0.29, 0.717) is 35.4 Å². The summed E-state index contributed by atoms with van der Waals surface area (Å²) in [6.45, 7) is 0.350. The van der Waals surface area contributed by atoms with Gasteiger partial charge in [-0.05, 0) is 42.7 Å². The number of pyridine rings is 1. The zero-order valence-electron chi connectivity index (χ0n) is 21.8. The molecule has 4 heterocycles. The van der Waals surface area contributed by atoms with E-state index < -0.39 is 29.8 Å². The van der Waals surface area contributed by atoms with Gasteiger partial charge in [-0.2, -0.15) is 13.2 Å². The second-order valence-corrected chi connectivity index (χ2v) is 9.95. The lowest BCUT2D eigenvalue weighted by Gasteiger charge is -2.44. The van der Waals surface area contributed by atoms with E-state index in [2.05, 4.69) is 19.9 Å². The number of hydrogen-bond acceptors (Lipinski definition) is 9. The summed E-state index contributed by atoms with van der Waals surface area (Å²) in [4.78, 5) is 18.5. The molecule has 3 aromatic heterocycles. The largest absolute Gasteiger partial charge is 0.497 e. The van der Waals surface area contributed by atoms with E-state index in [1.165, 1.54) is 44.2 Å². The first-order valence-corrected chi connectivity index (χ1v) is 12.6. The van der Waals surface area contributed by atoms with Gasteiger partial charge < -0.3 is 30.8 Å². The van der Waals surface area contributed by atoms with Crippen LogP contribution in [0.25, 0.3) is 22.4 Å². The maximum absolute atomic E-state index is 14.0. The number of aliphatic hydroxyl groups excluding tert-OH is 1. The van der Waals surface area contributed by atoms with Gasteiger partial charge in [-0.25, -0.2) is 23.7 Å². The second kappa shape index (κ2) is 10.7. The van der Waals surface area contributed by atoms with Crippen LogP contribution < -0.4 is 21.1 Å². The molecule has 0 radical (unpaired) electrons. The molecule has 10 nitrogen and oxygen atoms in total. The maximum Gasteiger partial charge on any atom is 0.417 e. The van der Waals surface area contributed by atoms with Gasteiger partial charge in [0.25, 0.3) is 6.43 Å². The van der Waals surface area contributed by atoms with E-state index >= 15 is 0 Å². The van der Waals surface area contributed by atoms with Crippen LogP contribution in [0.4, 0.5) is 33.5 Å². The number of piperidine rings is 1. The number of alkyl halides is 5. The zero-order chi connectivity index (χ0) is 29.5. The Bertz CT molecular complexity index is 1560. The number of aliphatic hydroxyl groups is 1. The summed E-state index contributed by atoms with van der Waals surface area (Å²) in [5.74, 6) is 0.188. The van der Waals surface area contributed by atoms with Crippen LogP contribution >= 0.6 is 0 Å². The molecule has 1 aliphatic heterocycles. The number of nitrogen functional groups attached to an aromatic ring is 1. The summed E-state index contributed by atoms with van der Waals surface area (Å²) in [6, 6.07) is 5.08. The van der Waals surface area contributed by atoms with Crippen molar-refractivity contribution in [3.05, 3.63) is 54.2 Å². The van der Waals surface area contributed by atoms with Crippen LogP contribution in [0.15, 0.2) is 43.1 Å². The van der Waals surface area contributed by atoms with E-state index in [0.717, 1.165) is 6.07 Å². The number of halogens is 5. The normalized spacial score (nSPS) is 18.7. The van der Waals surface area contributed by atoms with Crippen LogP contribution in [-0.2, 0) is 12.7 Å². The third-order valence-corrected chi connectivity index (χ3v) is 7.27. The number of hydrogen-bond donors (Lipinski definition) is 3. The summed E-state index contributed by atoms with van der Waals surface area (Å²) >= 11 is 0. The molecule has 1 aromatic carbocycles. The molecular formula is C26H27F5N8O2. The average molecular weight is 579 g/mol. The number of imidazole rings is 1. The Labute approximate surface area is 230 Å². The first kappa shape index (κ1) is 28.4. The Morgan fingerprint density at radius 2 is 1.93 bits per heavy atom.